The van der Waals surface area contributed by atoms with Gasteiger partial charge in [-0.3, -0.25) is 0 Å². The van der Waals surface area contributed by atoms with E-state index in [1.54, 1.807) is 0 Å². The molecule has 0 saturated heterocycles. The predicted octanol–water partition coefficient (Wildman–Crippen LogP) is 3.65. The fourth-order valence-corrected chi connectivity index (χ4v) is 3.55. The van der Waals surface area contributed by atoms with E-state index in [1.165, 1.54) is 49.7 Å². The topological polar surface area (TPSA) is 21.3 Å². The molecule has 1 atom stereocenters. The summed E-state index contributed by atoms with van der Waals surface area (Å²) in [5, 5.41) is 3.64. The van der Waals surface area contributed by atoms with Crippen LogP contribution in [0.2, 0.25) is 0 Å². The maximum absolute atomic E-state index is 6.17. The molecule has 2 aliphatic rings. The molecule has 2 heteroatoms. The third-order valence-electron chi connectivity index (χ3n) is 4.85. The zero-order valence-electron chi connectivity index (χ0n) is 12.6. The number of fused-ring (bicyclic) bond motifs is 1. The quantitative estimate of drug-likeness (QED) is 0.854. The first kappa shape index (κ1) is 14.1. The van der Waals surface area contributed by atoms with E-state index in [1.807, 2.05) is 0 Å². The van der Waals surface area contributed by atoms with Crippen LogP contribution < -0.4 is 5.32 Å². The second-order valence-electron chi connectivity index (χ2n) is 6.36. The molecule has 0 bridgehead atoms. The average molecular weight is 273 g/mol. The van der Waals surface area contributed by atoms with Crippen molar-refractivity contribution >= 4 is 0 Å². The number of hydrogen-bond donors (Lipinski definition) is 1. The number of benzene rings is 1. The number of hydrogen-bond acceptors (Lipinski definition) is 2. The minimum absolute atomic E-state index is 0.502. The lowest BCUT2D eigenvalue weighted by Gasteiger charge is -2.34. The Hall–Kier alpha value is -0.860. The average Bonchev–Trinajstić information content (AvgIpc) is 2.47. The number of rotatable bonds is 6. The van der Waals surface area contributed by atoms with Gasteiger partial charge in [0.25, 0.3) is 0 Å². The van der Waals surface area contributed by atoms with Crippen molar-refractivity contribution in [1.29, 1.82) is 0 Å². The second kappa shape index (κ2) is 6.73. The zero-order chi connectivity index (χ0) is 13.8. The Kier molecular flexibility index (Phi) is 4.74. The first-order valence-electron chi connectivity index (χ1n) is 8.29. The normalized spacial score (nSPS) is 28.8. The zero-order valence-corrected chi connectivity index (χ0v) is 12.6. The van der Waals surface area contributed by atoms with Crippen LogP contribution in [0.4, 0.5) is 0 Å². The molecule has 20 heavy (non-hydrogen) atoms. The minimum atomic E-state index is 0.502. The van der Waals surface area contributed by atoms with Gasteiger partial charge >= 0.3 is 0 Å². The molecular weight excluding hydrogens is 246 g/mol. The van der Waals surface area contributed by atoms with Crippen LogP contribution in [0.15, 0.2) is 24.3 Å². The summed E-state index contributed by atoms with van der Waals surface area (Å²) in [6.45, 7) is 4.32. The first-order valence-corrected chi connectivity index (χ1v) is 8.29. The molecule has 1 aromatic rings. The Morgan fingerprint density at radius 1 is 1.15 bits per heavy atom. The van der Waals surface area contributed by atoms with Gasteiger partial charge in [0.1, 0.15) is 0 Å². The molecule has 0 radical (unpaired) electrons. The van der Waals surface area contributed by atoms with E-state index < -0.39 is 0 Å². The predicted molar refractivity (Wildman–Crippen MR) is 83.2 cm³/mol. The van der Waals surface area contributed by atoms with Gasteiger partial charge in [0.15, 0.2) is 0 Å². The summed E-state index contributed by atoms with van der Waals surface area (Å²) < 4.78 is 6.17. The van der Waals surface area contributed by atoms with Crippen LogP contribution in [0.5, 0.6) is 0 Å². The summed E-state index contributed by atoms with van der Waals surface area (Å²) in [5.41, 5.74) is 3.04. The number of nitrogens with one attached hydrogen (secondary N) is 1. The Morgan fingerprint density at radius 2 is 1.95 bits per heavy atom. The largest absolute Gasteiger partial charge is 0.378 e. The van der Waals surface area contributed by atoms with Crippen LogP contribution in [-0.2, 0) is 11.2 Å². The Morgan fingerprint density at radius 3 is 2.70 bits per heavy atom. The second-order valence-corrected chi connectivity index (χ2v) is 6.36. The third kappa shape index (κ3) is 3.24. The summed E-state index contributed by atoms with van der Waals surface area (Å²) >= 11 is 0. The van der Waals surface area contributed by atoms with Gasteiger partial charge in [-0.15, -0.1) is 0 Å². The highest BCUT2D eigenvalue weighted by Crippen LogP contribution is 2.35. The molecule has 0 aliphatic heterocycles. The summed E-state index contributed by atoms with van der Waals surface area (Å²) in [6, 6.07) is 9.53. The maximum Gasteiger partial charge on any atom is 0.0576 e. The van der Waals surface area contributed by atoms with Gasteiger partial charge in [-0.2, -0.15) is 0 Å². The molecule has 0 heterocycles. The van der Waals surface area contributed by atoms with Crippen LogP contribution >= 0.6 is 0 Å². The van der Waals surface area contributed by atoms with Gasteiger partial charge in [-0.25, -0.2) is 0 Å². The van der Waals surface area contributed by atoms with Gasteiger partial charge in [0.2, 0.25) is 0 Å². The van der Waals surface area contributed by atoms with E-state index in [2.05, 4.69) is 36.5 Å². The molecular formula is C18H27NO. The summed E-state index contributed by atoms with van der Waals surface area (Å²) in [5.74, 6) is 0.655. The molecule has 0 amide bonds. The van der Waals surface area contributed by atoms with Crippen molar-refractivity contribution in [2.45, 2.75) is 63.5 Å². The fraction of sp³-hybridized carbons (Fsp3) is 0.667. The van der Waals surface area contributed by atoms with Crippen LogP contribution in [0.25, 0.3) is 0 Å². The minimum Gasteiger partial charge on any atom is -0.378 e. The maximum atomic E-state index is 6.17. The van der Waals surface area contributed by atoms with Crippen molar-refractivity contribution < 1.29 is 4.74 Å². The summed E-state index contributed by atoms with van der Waals surface area (Å²) in [6.07, 6.45) is 7.98. The molecule has 1 aromatic carbocycles. The molecule has 2 aliphatic carbocycles. The lowest BCUT2D eigenvalue weighted by atomic mass is 9.78. The molecule has 1 fully saturated rings. The summed E-state index contributed by atoms with van der Waals surface area (Å²) in [7, 11) is 0. The molecule has 2 nitrogen and oxygen atoms in total. The Labute approximate surface area is 122 Å². The van der Waals surface area contributed by atoms with Crippen molar-refractivity contribution in [2.75, 3.05) is 13.2 Å². The van der Waals surface area contributed by atoms with Crippen molar-refractivity contribution in [2.24, 2.45) is 0 Å². The third-order valence-corrected chi connectivity index (χ3v) is 4.85. The van der Waals surface area contributed by atoms with Crippen molar-refractivity contribution in [1.82, 2.24) is 5.32 Å². The molecule has 1 unspecified atom stereocenters. The van der Waals surface area contributed by atoms with Crippen LogP contribution in [-0.4, -0.2) is 25.3 Å². The van der Waals surface area contributed by atoms with Gasteiger partial charge in [0.05, 0.1) is 12.7 Å². The van der Waals surface area contributed by atoms with Gasteiger partial charge < -0.3 is 10.1 Å². The first-order chi connectivity index (χ1) is 9.86. The molecule has 3 rings (SSSR count). The van der Waals surface area contributed by atoms with Gasteiger partial charge in [-0.1, -0.05) is 31.2 Å². The molecule has 0 spiro atoms. The van der Waals surface area contributed by atoms with Gasteiger partial charge in [-0.05, 0) is 56.2 Å². The lowest BCUT2D eigenvalue weighted by Crippen LogP contribution is -2.36. The smallest absolute Gasteiger partial charge is 0.0576 e. The van der Waals surface area contributed by atoms with E-state index in [4.69, 9.17) is 4.74 Å². The van der Waals surface area contributed by atoms with Gasteiger partial charge in [0, 0.05) is 12.0 Å². The fourth-order valence-electron chi connectivity index (χ4n) is 3.55. The highest BCUT2D eigenvalue weighted by Gasteiger charge is 2.27. The van der Waals surface area contributed by atoms with Crippen molar-refractivity contribution in [3.63, 3.8) is 0 Å². The monoisotopic (exact) mass is 273 g/mol. The number of ether oxygens (including phenoxy) is 1. The highest BCUT2D eigenvalue weighted by molar-refractivity contribution is 5.39. The van der Waals surface area contributed by atoms with E-state index >= 15 is 0 Å². The van der Waals surface area contributed by atoms with Crippen LogP contribution in [0.1, 0.15) is 56.1 Å². The highest BCUT2D eigenvalue weighted by atomic mass is 16.5. The SMILES string of the molecule is CCCNC1CCC(OCC2Cc3ccccc32)CC1. The van der Waals surface area contributed by atoms with Crippen LogP contribution in [0.3, 0.4) is 0 Å². The Bertz CT molecular complexity index is 423. The van der Waals surface area contributed by atoms with E-state index in [0.717, 1.165) is 19.2 Å². The van der Waals surface area contributed by atoms with E-state index in [-0.39, 0.29) is 0 Å². The van der Waals surface area contributed by atoms with E-state index in [9.17, 15) is 0 Å². The molecule has 110 valence electrons. The Balaban J connectivity index is 1.37. The van der Waals surface area contributed by atoms with Crippen molar-refractivity contribution in [3.05, 3.63) is 35.4 Å². The molecule has 1 saturated carbocycles. The van der Waals surface area contributed by atoms with E-state index in [0.29, 0.717) is 12.0 Å². The molecule has 1 N–H and O–H groups in total. The molecule has 0 aromatic heterocycles. The summed E-state index contributed by atoms with van der Waals surface area (Å²) in [4.78, 5) is 0. The van der Waals surface area contributed by atoms with Crippen LogP contribution in [0, 0.1) is 0 Å². The van der Waals surface area contributed by atoms with Crippen molar-refractivity contribution in [3.8, 4) is 0 Å². The standard InChI is InChI=1S/C18H27NO/c1-2-11-19-16-7-9-17(10-8-16)20-13-15-12-14-5-3-4-6-18(14)15/h3-6,15-17,19H,2,7-13H2,1H3. The lowest BCUT2D eigenvalue weighted by molar-refractivity contribution is 0.0118.